The molecule has 14 heteroatoms. The third-order valence-electron chi connectivity index (χ3n) is 7.27. The van der Waals surface area contributed by atoms with Gasteiger partial charge in [0, 0.05) is 41.0 Å². The summed E-state index contributed by atoms with van der Waals surface area (Å²) in [6.45, 7) is 10.8. The quantitative estimate of drug-likeness (QED) is 0.347. The van der Waals surface area contributed by atoms with Gasteiger partial charge >= 0.3 is 5.69 Å². The summed E-state index contributed by atoms with van der Waals surface area (Å²) in [5.74, 6) is -0.679. The fourth-order valence-corrected chi connectivity index (χ4v) is 5.43. The van der Waals surface area contributed by atoms with Crippen LogP contribution in [0.15, 0.2) is 23.1 Å². The largest absolute Gasteiger partial charge is 0.488 e. The van der Waals surface area contributed by atoms with Gasteiger partial charge in [-0.15, -0.1) is 0 Å². The molecule has 2 aliphatic rings. The highest BCUT2D eigenvalue weighted by Gasteiger charge is 2.43. The molecule has 1 aromatic carbocycles. The van der Waals surface area contributed by atoms with Crippen molar-refractivity contribution in [1.29, 1.82) is 0 Å². The van der Waals surface area contributed by atoms with E-state index in [1.807, 2.05) is 0 Å². The molecule has 1 unspecified atom stereocenters. The van der Waals surface area contributed by atoms with Crippen molar-refractivity contribution in [3.63, 3.8) is 0 Å². The van der Waals surface area contributed by atoms with Gasteiger partial charge in [0.1, 0.15) is 23.9 Å². The number of aromatic nitrogens is 6. The van der Waals surface area contributed by atoms with Gasteiger partial charge < -0.3 is 20.5 Å². The molecule has 2 saturated heterocycles. The van der Waals surface area contributed by atoms with E-state index in [1.165, 1.54) is 33.2 Å². The van der Waals surface area contributed by atoms with Crippen LogP contribution in [-0.2, 0) is 7.05 Å². The average Bonchev–Trinajstić information content (AvgIpc) is 3.54. The van der Waals surface area contributed by atoms with E-state index in [1.54, 1.807) is 6.92 Å². The molecule has 5 rings (SSSR count). The Kier molecular flexibility index (Phi) is 6.45. The number of ether oxygens (including phenoxy) is 1. The van der Waals surface area contributed by atoms with Gasteiger partial charge in [-0.2, -0.15) is 9.36 Å². The predicted octanol–water partition coefficient (Wildman–Crippen LogP) is 3.16. The molecular weight excluding hydrogens is 531 g/mol. The van der Waals surface area contributed by atoms with Crippen LogP contribution in [0.5, 0.6) is 5.75 Å². The molecule has 3 N–H and O–H groups in total. The highest BCUT2D eigenvalue weighted by Crippen LogP contribution is 2.39. The molecule has 13 nitrogen and oxygen atoms in total. The second kappa shape index (κ2) is 10.7. The summed E-state index contributed by atoms with van der Waals surface area (Å²) >= 11 is 0. The van der Waals surface area contributed by atoms with Gasteiger partial charge in [0.15, 0.2) is 5.82 Å². The number of halogens is 1. The molecule has 2 fully saturated rings. The van der Waals surface area contributed by atoms with Crippen LogP contribution < -0.4 is 21.1 Å². The number of fused-ring (bicyclic) bond motifs is 1. The molecule has 0 spiro atoms. The molecule has 0 saturated carbocycles. The maximum absolute atomic E-state index is 15.4. The first-order valence-corrected chi connectivity index (χ1v) is 13.3. The zero-order chi connectivity index (χ0) is 32.0. The molecule has 0 aliphatic carbocycles. The minimum atomic E-state index is -2.21. The summed E-state index contributed by atoms with van der Waals surface area (Å²) in [5, 5.41) is 23.7. The Hall–Kier alpha value is -4.09. The van der Waals surface area contributed by atoms with E-state index >= 15 is 4.39 Å². The van der Waals surface area contributed by atoms with E-state index in [4.69, 9.17) is 15.4 Å². The van der Waals surface area contributed by atoms with Crippen molar-refractivity contribution in [2.75, 3.05) is 23.8 Å². The molecule has 41 heavy (non-hydrogen) atoms. The van der Waals surface area contributed by atoms with Crippen LogP contribution in [0.1, 0.15) is 57.4 Å². The van der Waals surface area contributed by atoms with Gasteiger partial charge in [-0.25, -0.2) is 24.0 Å². The van der Waals surface area contributed by atoms with E-state index in [0.717, 1.165) is 34.8 Å². The van der Waals surface area contributed by atoms with E-state index in [9.17, 15) is 9.90 Å². The molecule has 3 atom stereocenters. The lowest BCUT2D eigenvalue weighted by Crippen LogP contribution is -2.55. The lowest BCUT2D eigenvalue weighted by Gasteiger charge is -2.48. The molecule has 4 heterocycles. The van der Waals surface area contributed by atoms with Gasteiger partial charge in [0.05, 0.1) is 17.9 Å². The molecule has 0 amide bonds. The van der Waals surface area contributed by atoms with Gasteiger partial charge in [0.25, 0.3) is 0 Å². The summed E-state index contributed by atoms with van der Waals surface area (Å²) in [4.78, 5) is 26.9. The molecular formula is C27H35FN10O3. The van der Waals surface area contributed by atoms with Crippen molar-refractivity contribution in [2.45, 2.75) is 76.5 Å². The zero-order valence-electron chi connectivity index (χ0n) is 26.3. The highest BCUT2D eigenvalue weighted by atomic mass is 19.1. The number of rotatable bonds is 8. The number of benzene rings is 1. The maximum atomic E-state index is 15.4. The van der Waals surface area contributed by atoms with E-state index in [2.05, 4.69) is 40.8 Å². The van der Waals surface area contributed by atoms with E-state index < -0.39 is 29.5 Å². The van der Waals surface area contributed by atoms with Crippen LogP contribution in [0.25, 0.3) is 10.5 Å². The van der Waals surface area contributed by atoms with Crippen molar-refractivity contribution >= 4 is 23.1 Å². The number of tetrazole rings is 1. The second-order valence-electron chi connectivity index (χ2n) is 11.4. The summed E-state index contributed by atoms with van der Waals surface area (Å²) in [6, 6.07) is 2.14. The number of piperidine rings is 1. The predicted molar refractivity (Wildman–Crippen MR) is 150 cm³/mol. The topological polar surface area (TPSA) is 140 Å². The smallest absolute Gasteiger partial charge is 0.368 e. The fourth-order valence-electron chi connectivity index (χ4n) is 5.43. The summed E-state index contributed by atoms with van der Waals surface area (Å²) in [5.41, 5.74) is -2.83. The van der Waals surface area contributed by atoms with Gasteiger partial charge in [-0.1, -0.05) is 0 Å². The lowest BCUT2D eigenvalue weighted by molar-refractivity contribution is 0.0283. The minimum Gasteiger partial charge on any atom is -0.488 e. The van der Waals surface area contributed by atoms with Crippen LogP contribution >= 0.6 is 0 Å². The van der Waals surface area contributed by atoms with Crippen LogP contribution in [-0.4, -0.2) is 76.1 Å². The molecule has 2 aliphatic heterocycles. The van der Waals surface area contributed by atoms with E-state index in [0.29, 0.717) is 12.8 Å². The van der Waals surface area contributed by atoms with Crippen molar-refractivity contribution in [2.24, 2.45) is 7.05 Å². The Bertz CT molecular complexity index is 1650. The Labute approximate surface area is 241 Å². The van der Waals surface area contributed by atoms with Crippen LogP contribution in [0.3, 0.4) is 0 Å². The number of aryl methyl sites for hydroxylation is 1. The Morgan fingerprint density at radius 1 is 1.39 bits per heavy atom. The molecule has 2 aromatic heterocycles. The van der Waals surface area contributed by atoms with Gasteiger partial charge in [0.2, 0.25) is 11.6 Å². The van der Waals surface area contributed by atoms with Crippen LogP contribution in [0, 0.1) is 12.4 Å². The number of aliphatic hydroxyl groups is 1. The molecule has 3 aromatic rings. The minimum absolute atomic E-state index is 0.0433. The second-order valence-corrected chi connectivity index (χ2v) is 11.4. The average molecular weight is 570 g/mol. The number of hydrogen-bond donors (Lipinski definition) is 3. The highest BCUT2D eigenvalue weighted by molar-refractivity contribution is 5.69. The van der Waals surface area contributed by atoms with Crippen molar-refractivity contribution in [3.8, 4) is 11.4 Å². The molecule has 218 valence electrons. The Balaban J connectivity index is 1.45. The zero-order valence-corrected chi connectivity index (χ0v) is 23.3. The molecule has 0 bridgehead atoms. The van der Waals surface area contributed by atoms with Crippen LogP contribution in [0.2, 0.25) is 0 Å². The SMILES string of the molecule is [2H]C([2H])([2H])C1(C)C[C@H](Nc2nc(Nc3cc(-n4nnn(C)c4=O)c(OCC(C)(C)O)cc3F)ncc2[N+]#[C-])C[C@@H]2CCCN21. The van der Waals surface area contributed by atoms with Crippen molar-refractivity contribution in [1.82, 2.24) is 34.7 Å². The van der Waals surface area contributed by atoms with E-state index in [-0.39, 0.29) is 53.3 Å². The summed E-state index contributed by atoms with van der Waals surface area (Å²) in [6.07, 6.45) is 4.12. The fraction of sp³-hybridized carbons (Fsp3) is 0.556. The lowest BCUT2D eigenvalue weighted by atomic mass is 9.84. The first-order valence-electron chi connectivity index (χ1n) is 14.8. The Morgan fingerprint density at radius 3 is 2.88 bits per heavy atom. The third kappa shape index (κ3) is 6.01. The van der Waals surface area contributed by atoms with Crippen LogP contribution in [0.4, 0.5) is 27.5 Å². The molecule has 0 radical (unpaired) electrons. The number of hydrogen-bond acceptors (Lipinski definition) is 10. The van der Waals surface area contributed by atoms with Gasteiger partial charge in [-0.05, 0) is 76.3 Å². The standard InChI is InChI=1S/C27H35FN10O3/c1-26(2)13-16(10-17-8-7-9-37(17)26)31-23-20(29-5)14-30-24(33-23)32-19-12-21(38-25(39)36(6)34-35-38)22(11-18(19)28)41-15-27(3,4)40/h11-12,14,16-17,40H,7-10,13,15H2,1-4,6H3,(H2,30,31,32,33)/t16-,17+/m1/s1/i1D3/t16-,17+,26?. The number of anilines is 3. The van der Waals surface area contributed by atoms with Crippen molar-refractivity contribution in [3.05, 3.63) is 46.0 Å². The Morgan fingerprint density at radius 2 is 2.20 bits per heavy atom. The van der Waals surface area contributed by atoms with Crippen molar-refractivity contribution < 1.29 is 18.3 Å². The first-order chi connectivity index (χ1) is 20.6. The van der Waals surface area contributed by atoms with Gasteiger partial charge in [-0.3, -0.25) is 4.90 Å². The summed E-state index contributed by atoms with van der Waals surface area (Å²) < 4.78 is 47.7. The monoisotopic (exact) mass is 569 g/mol. The number of nitrogens with zero attached hydrogens (tertiary/aromatic N) is 8. The first kappa shape index (κ1) is 24.7. The maximum Gasteiger partial charge on any atom is 0.368 e. The normalized spacial score (nSPS) is 24.1. The third-order valence-corrected chi connectivity index (χ3v) is 7.27. The summed E-state index contributed by atoms with van der Waals surface area (Å²) in [7, 11) is 1.41. The number of nitrogens with one attached hydrogen (secondary N) is 2.